The average molecular weight is 465 g/mol. The minimum absolute atomic E-state index is 0.0275. The van der Waals surface area contributed by atoms with E-state index in [9.17, 15) is 23.6 Å². The summed E-state index contributed by atoms with van der Waals surface area (Å²) in [5.74, 6) is -0.759. The van der Waals surface area contributed by atoms with E-state index in [-0.39, 0.29) is 55.7 Å². The molecule has 0 saturated heterocycles. The first-order valence-electron chi connectivity index (χ1n) is 8.17. The van der Waals surface area contributed by atoms with Gasteiger partial charge in [-0.15, -0.1) is 5.23 Å². The van der Waals surface area contributed by atoms with Gasteiger partial charge in [0, 0.05) is 11.5 Å². The second kappa shape index (κ2) is 9.49. The molecule has 0 amide bonds. The first kappa shape index (κ1) is 22.1. The van der Waals surface area contributed by atoms with Crippen molar-refractivity contribution in [2.45, 2.75) is 6.61 Å². The predicted octanol–water partition coefficient (Wildman–Crippen LogP) is 5.02. The Morgan fingerprint density at radius 1 is 1.13 bits per heavy atom. The number of hydrogen-bond acceptors (Lipinski definition) is 8. The van der Waals surface area contributed by atoms with Gasteiger partial charge in [-0.2, -0.15) is 8.78 Å². The number of anilines is 3. The standard InChI is InChI=1S/C17H13Cl2F3N4O4/c18-9-1-2-10(15(20)14(9)19)25-16-8-5-12(26(27)28)13(6-11(8)23-7-24-16)29-3-4-30-17(21)22/h1-2,5-7,17,27-28H,3-4H2,(H,23,24,25). The van der Waals surface area contributed by atoms with Crippen molar-refractivity contribution in [1.82, 2.24) is 9.97 Å². The Hall–Kier alpha value is -2.57. The van der Waals surface area contributed by atoms with Crippen molar-refractivity contribution in [3.05, 3.63) is 46.5 Å². The van der Waals surface area contributed by atoms with Crippen LogP contribution >= 0.6 is 23.2 Å². The summed E-state index contributed by atoms with van der Waals surface area (Å²) in [6, 6.07) is 5.31. The van der Waals surface area contributed by atoms with Crippen LogP contribution in [0.2, 0.25) is 10.0 Å². The highest BCUT2D eigenvalue weighted by atomic mass is 35.5. The molecule has 3 rings (SSSR count). The van der Waals surface area contributed by atoms with Gasteiger partial charge in [-0.05, 0) is 18.2 Å². The molecule has 1 aromatic heterocycles. The van der Waals surface area contributed by atoms with Gasteiger partial charge in [0.2, 0.25) is 0 Å². The Balaban J connectivity index is 1.96. The van der Waals surface area contributed by atoms with Crippen molar-refractivity contribution in [2.75, 3.05) is 23.8 Å². The number of halogens is 5. The van der Waals surface area contributed by atoms with Crippen molar-refractivity contribution < 1.29 is 33.1 Å². The van der Waals surface area contributed by atoms with Crippen LogP contribution in [0.15, 0.2) is 30.6 Å². The number of nitrogens with zero attached hydrogens (tertiary/aromatic N) is 3. The number of benzene rings is 2. The van der Waals surface area contributed by atoms with Crippen LogP contribution in [0.25, 0.3) is 10.9 Å². The summed E-state index contributed by atoms with van der Waals surface area (Å²) in [7, 11) is 0. The smallest absolute Gasteiger partial charge is 0.345 e. The van der Waals surface area contributed by atoms with E-state index in [1.54, 1.807) is 0 Å². The number of nitrogens with one attached hydrogen (secondary N) is 1. The molecule has 0 spiro atoms. The van der Waals surface area contributed by atoms with Gasteiger partial charge in [0.15, 0.2) is 5.82 Å². The fourth-order valence-corrected chi connectivity index (χ4v) is 2.79. The Bertz CT molecular complexity index is 1060. The lowest BCUT2D eigenvalue weighted by atomic mass is 10.2. The van der Waals surface area contributed by atoms with Gasteiger partial charge in [0.1, 0.15) is 30.2 Å². The summed E-state index contributed by atoms with van der Waals surface area (Å²) in [6.45, 7) is -3.68. The maximum atomic E-state index is 14.4. The van der Waals surface area contributed by atoms with Crippen molar-refractivity contribution >= 4 is 51.3 Å². The van der Waals surface area contributed by atoms with Crippen molar-refractivity contribution in [1.29, 1.82) is 0 Å². The number of rotatable bonds is 8. The number of ether oxygens (including phenoxy) is 2. The molecule has 0 radical (unpaired) electrons. The monoisotopic (exact) mass is 464 g/mol. The summed E-state index contributed by atoms with van der Waals surface area (Å²) in [5, 5.41) is 21.5. The second-order valence-electron chi connectivity index (χ2n) is 5.68. The highest BCUT2D eigenvalue weighted by molar-refractivity contribution is 6.42. The van der Waals surface area contributed by atoms with E-state index in [0.29, 0.717) is 0 Å². The summed E-state index contributed by atoms with van der Waals surface area (Å²) in [5.41, 5.74) is 0.00984. The largest absolute Gasteiger partial charge is 0.489 e. The van der Waals surface area contributed by atoms with E-state index in [0.717, 1.165) is 0 Å². The molecule has 0 aliphatic carbocycles. The van der Waals surface area contributed by atoms with Crippen molar-refractivity contribution in [3.63, 3.8) is 0 Å². The molecule has 3 N–H and O–H groups in total. The van der Waals surface area contributed by atoms with Crippen LogP contribution in [0.4, 0.5) is 30.4 Å². The molecule has 0 unspecified atom stereocenters. The number of alkyl halides is 2. The SMILES string of the molecule is ON(O)c1cc2c(Nc3ccc(Cl)c(Cl)c3F)ncnc2cc1OCCOC(F)F. The molecular weight excluding hydrogens is 452 g/mol. The summed E-state index contributed by atoms with van der Waals surface area (Å²) in [4.78, 5) is 8.08. The molecule has 13 heteroatoms. The molecule has 0 saturated carbocycles. The number of fused-ring (bicyclic) bond motifs is 1. The Kier molecular flexibility index (Phi) is 7.00. The minimum Gasteiger partial charge on any atom is -0.489 e. The van der Waals surface area contributed by atoms with Gasteiger partial charge >= 0.3 is 6.61 Å². The van der Waals surface area contributed by atoms with E-state index in [2.05, 4.69) is 20.0 Å². The lowest BCUT2D eigenvalue weighted by Gasteiger charge is -2.17. The van der Waals surface area contributed by atoms with Crippen LogP contribution in [0.5, 0.6) is 5.75 Å². The molecular formula is C17H13Cl2F3N4O4. The quantitative estimate of drug-likeness (QED) is 0.242. The van der Waals surface area contributed by atoms with Crippen LogP contribution in [0.3, 0.4) is 0 Å². The van der Waals surface area contributed by atoms with Crippen LogP contribution in [-0.4, -0.2) is 40.2 Å². The topological polar surface area (TPSA) is 100.0 Å². The van der Waals surface area contributed by atoms with Gasteiger partial charge in [-0.25, -0.2) is 14.4 Å². The van der Waals surface area contributed by atoms with Crippen LogP contribution in [0.1, 0.15) is 0 Å². The first-order chi connectivity index (χ1) is 14.3. The second-order valence-corrected chi connectivity index (χ2v) is 6.46. The maximum Gasteiger partial charge on any atom is 0.345 e. The average Bonchev–Trinajstić information content (AvgIpc) is 2.71. The molecule has 0 fully saturated rings. The van der Waals surface area contributed by atoms with Gasteiger partial charge in [-0.1, -0.05) is 23.2 Å². The zero-order chi connectivity index (χ0) is 21.8. The van der Waals surface area contributed by atoms with E-state index in [1.165, 1.54) is 30.6 Å². The lowest BCUT2D eigenvalue weighted by molar-refractivity contribution is -0.133. The van der Waals surface area contributed by atoms with E-state index >= 15 is 0 Å². The van der Waals surface area contributed by atoms with Crippen LogP contribution in [0, 0.1) is 5.82 Å². The van der Waals surface area contributed by atoms with E-state index < -0.39 is 19.0 Å². The molecule has 2 aromatic carbocycles. The normalized spacial score (nSPS) is 11.2. The Morgan fingerprint density at radius 3 is 2.60 bits per heavy atom. The summed E-state index contributed by atoms with van der Waals surface area (Å²) < 4.78 is 47.8. The van der Waals surface area contributed by atoms with Gasteiger partial charge in [-0.3, -0.25) is 10.4 Å². The van der Waals surface area contributed by atoms with E-state index in [1.807, 2.05) is 0 Å². The molecule has 0 aliphatic heterocycles. The summed E-state index contributed by atoms with van der Waals surface area (Å²) in [6.07, 6.45) is 1.18. The zero-order valence-electron chi connectivity index (χ0n) is 14.8. The molecule has 0 aliphatic rings. The van der Waals surface area contributed by atoms with Gasteiger partial charge in [0.05, 0.1) is 27.9 Å². The highest BCUT2D eigenvalue weighted by Gasteiger charge is 2.17. The molecule has 30 heavy (non-hydrogen) atoms. The van der Waals surface area contributed by atoms with Gasteiger partial charge in [0.25, 0.3) is 0 Å². The molecule has 0 bridgehead atoms. The third-order valence-corrected chi connectivity index (χ3v) is 4.59. The molecule has 0 atom stereocenters. The fourth-order valence-electron chi connectivity index (χ4n) is 2.48. The first-order valence-corrected chi connectivity index (χ1v) is 8.93. The predicted molar refractivity (Wildman–Crippen MR) is 103 cm³/mol. The van der Waals surface area contributed by atoms with Crippen LogP contribution < -0.4 is 15.3 Å². The Labute approximate surface area is 177 Å². The maximum absolute atomic E-state index is 14.4. The molecule has 3 aromatic rings. The number of aromatic nitrogens is 2. The lowest BCUT2D eigenvalue weighted by Crippen LogP contribution is -2.15. The molecule has 8 nitrogen and oxygen atoms in total. The molecule has 1 heterocycles. The highest BCUT2D eigenvalue weighted by Crippen LogP contribution is 2.36. The summed E-state index contributed by atoms with van der Waals surface area (Å²) >= 11 is 11.6. The van der Waals surface area contributed by atoms with Gasteiger partial charge < -0.3 is 14.8 Å². The third kappa shape index (κ3) is 4.94. The minimum atomic E-state index is -2.96. The number of hydrogen-bond donors (Lipinski definition) is 3. The zero-order valence-corrected chi connectivity index (χ0v) is 16.3. The third-order valence-electron chi connectivity index (χ3n) is 3.80. The fraction of sp³-hybridized carbons (Fsp3) is 0.176. The molecule has 160 valence electrons. The van der Waals surface area contributed by atoms with Crippen LogP contribution in [-0.2, 0) is 4.74 Å². The Morgan fingerprint density at radius 2 is 1.90 bits per heavy atom. The van der Waals surface area contributed by atoms with Crippen molar-refractivity contribution in [3.8, 4) is 5.75 Å². The van der Waals surface area contributed by atoms with Crippen molar-refractivity contribution in [2.24, 2.45) is 0 Å². The van der Waals surface area contributed by atoms with E-state index in [4.69, 9.17) is 27.9 Å².